The number of unbranched alkanes of at least 4 members (excludes halogenated alkanes) is 10. The van der Waals surface area contributed by atoms with Gasteiger partial charge in [0.1, 0.15) is 0 Å². The summed E-state index contributed by atoms with van der Waals surface area (Å²) in [7, 11) is -3.38. The lowest BCUT2D eigenvalue weighted by atomic mass is 10.1. The topological polar surface area (TPSA) is 37.4 Å². The van der Waals surface area contributed by atoms with Crippen LogP contribution in [0.25, 0.3) is 0 Å². The molecular weight excluding hydrogens is 342 g/mol. The van der Waals surface area contributed by atoms with Crippen molar-refractivity contribution in [3.05, 3.63) is 30.3 Å². The molecular formula is C22H38NO2S. The van der Waals surface area contributed by atoms with Crippen molar-refractivity contribution in [3.8, 4) is 0 Å². The van der Waals surface area contributed by atoms with Crippen LogP contribution in [0.4, 0.5) is 0 Å². The predicted molar refractivity (Wildman–Crippen MR) is 111 cm³/mol. The summed E-state index contributed by atoms with van der Waals surface area (Å²) in [5.74, 6) is 0. The Morgan fingerprint density at radius 2 is 1.15 bits per heavy atom. The highest BCUT2D eigenvalue weighted by Crippen LogP contribution is 2.18. The van der Waals surface area contributed by atoms with Crippen molar-refractivity contribution in [1.82, 2.24) is 4.31 Å². The third kappa shape index (κ3) is 9.18. The molecule has 0 atom stereocenters. The van der Waals surface area contributed by atoms with Crippen LogP contribution in [-0.4, -0.2) is 25.8 Å². The van der Waals surface area contributed by atoms with Gasteiger partial charge in [-0.15, -0.1) is 0 Å². The summed E-state index contributed by atoms with van der Waals surface area (Å²) in [5, 5.41) is 0. The predicted octanol–water partition coefficient (Wildman–Crippen LogP) is 6.20. The molecule has 0 aliphatic rings. The van der Waals surface area contributed by atoms with E-state index in [1.54, 1.807) is 28.6 Å². The van der Waals surface area contributed by atoms with Crippen molar-refractivity contribution in [2.24, 2.45) is 0 Å². The molecule has 0 aliphatic heterocycles. The molecule has 0 saturated carbocycles. The van der Waals surface area contributed by atoms with Crippen LogP contribution in [-0.2, 0) is 10.0 Å². The second-order valence-electron chi connectivity index (χ2n) is 7.18. The van der Waals surface area contributed by atoms with Gasteiger partial charge in [-0.25, -0.2) is 8.42 Å². The fourth-order valence-electron chi connectivity index (χ4n) is 3.18. The van der Waals surface area contributed by atoms with Gasteiger partial charge in [0.05, 0.1) is 4.90 Å². The third-order valence-electron chi connectivity index (χ3n) is 4.85. The second kappa shape index (κ2) is 14.2. The molecule has 0 aromatic heterocycles. The molecule has 0 heterocycles. The van der Waals surface area contributed by atoms with Crippen LogP contribution < -0.4 is 0 Å². The molecule has 0 aliphatic carbocycles. The number of benzene rings is 1. The Labute approximate surface area is 162 Å². The van der Waals surface area contributed by atoms with E-state index in [0.717, 1.165) is 25.7 Å². The Morgan fingerprint density at radius 3 is 1.62 bits per heavy atom. The molecule has 0 N–H and O–H groups in total. The van der Waals surface area contributed by atoms with E-state index in [0.29, 0.717) is 18.0 Å². The van der Waals surface area contributed by atoms with Crippen molar-refractivity contribution in [2.45, 2.75) is 95.8 Å². The standard InChI is InChI=1S/C22H38NO2S/c1-3-5-7-9-11-16-20-23(21-17-12-10-8-6-4-2)26(24,25)22-18-14-13-15-19-22/h14-15,18-19H,3-12,16-17,20-21H2,1-2H3. The van der Waals surface area contributed by atoms with Gasteiger partial charge in [0.2, 0.25) is 10.0 Å². The normalized spacial score (nSPS) is 12.0. The molecule has 0 amide bonds. The zero-order valence-electron chi connectivity index (χ0n) is 16.9. The molecule has 1 aromatic carbocycles. The van der Waals surface area contributed by atoms with E-state index in [9.17, 15) is 8.42 Å². The summed E-state index contributed by atoms with van der Waals surface area (Å²) in [6.45, 7) is 5.71. The largest absolute Gasteiger partial charge is 0.243 e. The highest BCUT2D eigenvalue weighted by molar-refractivity contribution is 7.89. The summed E-state index contributed by atoms with van der Waals surface area (Å²) in [6.07, 6.45) is 14.1. The van der Waals surface area contributed by atoms with Gasteiger partial charge >= 0.3 is 0 Å². The average Bonchev–Trinajstić information content (AvgIpc) is 2.66. The van der Waals surface area contributed by atoms with Crippen LogP contribution in [0.1, 0.15) is 90.9 Å². The first-order valence-electron chi connectivity index (χ1n) is 10.6. The molecule has 26 heavy (non-hydrogen) atoms. The van der Waals surface area contributed by atoms with Crippen molar-refractivity contribution < 1.29 is 8.42 Å². The molecule has 149 valence electrons. The van der Waals surface area contributed by atoms with Crippen molar-refractivity contribution in [2.75, 3.05) is 13.1 Å². The van der Waals surface area contributed by atoms with Crippen LogP contribution in [0.15, 0.2) is 29.2 Å². The SMILES string of the molecule is CCCCCCCCN(CCCCCCCC)S(=O)(=O)c1cc[c]cc1. The fourth-order valence-corrected chi connectivity index (χ4v) is 4.70. The first kappa shape index (κ1) is 23.2. The molecule has 1 rings (SSSR count). The molecule has 0 spiro atoms. The monoisotopic (exact) mass is 380 g/mol. The van der Waals surface area contributed by atoms with Crippen LogP contribution in [0.3, 0.4) is 0 Å². The van der Waals surface area contributed by atoms with Crippen LogP contribution >= 0.6 is 0 Å². The molecule has 0 bridgehead atoms. The van der Waals surface area contributed by atoms with Gasteiger partial charge in [0.15, 0.2) is 0 Å². The zero-order chi connectivity index (χ0) is 19.1. The van der Waals surface area contributed by atoms with Crippen molar-refractivity contribution in [3.63, 3.8) is 0 Å². The molecule has 0 saturated heterocycles. The van der Waals surface area contributed by atoms with E-state index in [1.807, 2.05) is 0 Å². The highest BCUT2D eigenvalue weighted by atomic mass is 32.2. The quantitative estimate of drug-likeness (QED) is 0.320. The van der Waals surface area contributed by atoms with Gasteiger partial charge in [-0.05, 0) is 31.0 Å². The second-order valence-corrected chi connectivity index (χ2v) is 9.11. The number of sulfonamides is 1. The maximum absolute atomic E-state index is 13.0. The first-order valence-corrected chi connectivity index (χ1v) is 12.0. The van der Waals surface area contributed by atoms with Crippen molar-refractivity contribution >= 4 is 10.0 Å². The third-order valence-corrected chi connectivity index (χ3v) is 6.76. The maximum atomic E-state index is 13.0. The van der Waals surface area contributed by atoms with E-state index < -0.39 is 10.0 Å². The lowest BCUT2D eigenvalue weighted by Gasteiger charge is -2.22. The molecule has 4 heteroatoms. The van der Waals surface area contributed by atoms with E-state index in [-0.39, 0.29) is 0 Å². The summed E-state index contributed by atoms with van der Waals surface area (Å²) in [5.41, 5.74) is 0. The molecule has 0 fully saturated rings. The van der Waals surface area contributed by atoms with Gasteiger partial charge in [-0.2, -0.15) is 4.31 Å². The Morgan fingerprint density at radius 1 is 0.731 bits per heavy atom. The molecule has 1 aromatic rings. The van der Waals surface area contributed by atoms with E-state index >= 15 is 0 Å². The number of rotatable bonds is 16. The lowest BCUT2D eigenvalue weighted by Crippen LogP contribution is -2.33. The molecule has 0 unspecified atom stereocenters. The maximum Gasteiger partial charge on any atom is 0.243 e. The first-order chi connectivity index (χ1) is 12.6. The van der Waals surface area contributed by atoms with Crippen LogP contribution in [0.2, 0.25) is 0 Å². The average molecular weight is 381 g/mol. The zero-order valence-corrected chi connectivity index (χ0v) is 17.7. The van der Waals surface area contributed by atoms with E-state index in [1.165, 1.54) is 51.4 Å². The molecule has 1 radical (unpaired) electrons. The Hall–Kier alpha value is -0.870. The van der Waals surface area contributed by atoms with E-state index in [2.05, 4.69) is 19.9 Å². The van der Waals surface area contributed by atoms with Crippen LogP contribution in [0, 0.1) is 6.07 Å². The smallest absolute Gasteiger partial charge is 0.207 e. The van der Waals surface area contributed by atoms with Gasteiger partial charge in [-0.1, -0.05) is 90.2 Å². The fraction of sp³-hybridized carbons (Fsp3) is 0.727. The summed E-state index contributed by atoms with van der Waals surface area (Å²) in [6, 6.07) is 9.58. The van der Waals surface area contributed by atoms with E-state index in [4.69, 9.17) is 0 Å². The minimum Gasteiger partial charge on any atom is -0.207 e. The Bertz CT molecular complexity index is 527. The number of hydrogen-bond donors (Lipinski definition) is 0. The Kier molecular flexibility index (Phi) is 12.7. The van der Waals surface area contributed by atoms with Gasteiger partial charge in [0, 0.05) is 13.1 Å². The Balaban J connectivity index is 2.54. The summed E-state index contributed by atoms with van der Waals surface area (Å²) in [4.78, 5) is 0.396. The van der Waals surface area contributed by atoms with Crippen molar-refractivity contribution in [1.29, 1.82) is 0 Å². The van der Waals surface area contributed by atoms with Gasteiger partial charge in [0.25, 0.3) is 0 Å². The lowest BCUT2D eigenvalue weighted by molar-refractivity contribution is 0.383. The summed E-state index contributed by atoms with van der Waals surface area (Å²) < 4.78 is 27.7. The van der Waals surface area contributed by atoms with Gasteiger partial charge < -0.3 is 0 Å². The summed E-state index contributed by atoms with van der Waals surface area (Å²) >= 11 is 0. The minimum atomic E-state index is -3.38. The number of hydrogen-bond acceptors (Lipinski definition) is 2. The number of nitrogens with zero attached hydrogens (tertiary/aromatic N) is 1. The minimum absolute atomic E-state index is 0.396. The highest BCUT2D eigenvalue weighted by Gasteiger charge is 2.23. The van der Waals surface area contributed by atoms with Crippen LogP contribution in [0.5, 0.6) is 0 Å². The van der Waals surface area contributed by atoms with Gasteiger partial charge in [-0.3, -0.25) is 0 Å². The molecule has 3 nitrogen and oxygen atoms in total.